The molecule has 4 nitrogen and oxygen atoms in total. The highest BCUT2D eigenvalue weighted by Crippen LogP contribution is 2.26. The van der Waals surface area contributed by atoms with Crippen LogP contribution >= 0.6 is 15.9 Å². The number of halogens is 1. The van der Waals surface area contributed by atoms with E-state index >= 15 is 0 Å². The van der Waals surface area contributed by atoms with Crippen molar-refractivity contribution >= 4 is 21.9 Å². The predicted octanol–water partition coefficient (Wildman–Crippen LogP) is 3.18. The number of esters is 1. The molecular formula is C18H24BrNO3. The summed E-state index contributed by atoms with van der Waals surface area (Å²) >= 11 is 3.41. The van der Waals surface area contributed by atoms with E-state index in [1.165, 1.54) is 6.42 Å². The molecule has 1 aromatic rings. The van der Waals surface area contributed by atoms with Crippen LogP contribution in [0, 0.1) is 0 Å². The molecule has 1 aliphatic heterocycles. The highest BCUT2D eigenvalue weighted by Gasteiger charge is 2.33. The summed E-state index contributed by atoms with van der Waals surface area (Å²) in [6.45, 7) is 3.48. The van der Waals surface area contributed by atoms with Gasteiger partial charge >= 0.3 is 5.97 Å². The maximum Gasteiger partial charge on any atom is 0.310 e. The first-order valence-corrected chi connectivity index (χ1v) is 9.27. The molecule has 126 valence electrons. The Morgan fingerprint density at radius 2 is 1.87 bits per heavy atom. The molecule has 1 heterocycles. The molecule has 1 aromatic carbocycles. The van der Waals surface area contributed by atoms with Gasteiger partial charge in [-0.2, -0.15) is 0 Å². The van der Waals surface area contributed by atoms with Gasteiger partial charge < -0.3 is 9.47 Å². The first-order chi connectivity index (χ1) is 11.2. The van der Waals surface area contributed by atoms with E-state index < -0.39 is 0 Å². The molecule has 0 aromatic heterocycles. The highest BCUT2D eigenvalue weighted by molar-refractivity contribution is 9.10. The van der Waals surface area contributed by atoms with Crippen LogP contribution in [-0.4, -0.2) is 49.3 Å². The number of hydrogen-bond acceptors (Lipinski definition) is 4. The lowest BCUT2D eigenvalue weighted by Crippen LogP contribution is -2.51. The van der Waals surface area contributed by atoms with Crippen molar-refractivity contribution in [1.29, 1.82) is 0 Å². The molecule has 5 heteroatoms. The van der Waals surface area contributed by atoms with E-state index in [1.807, 2.05) is 24.3 Å². The molecule has 1 saturated heterocycles. The molecule has 2 atom stereocenters. The molecule has 3 rings (SSSR count). The number of carbonyl (C=O) groups is 1. The number of benzene rings is 1. The quantitative estimate of drug-likeness (QED) is 0.750. The van der Waals surface area contributed by atoms with E-state index in [9.17, 15) is 4.79 Å². The van der Waals surface area contributed by atoms with Gasteiger partial charge in [0.05, 0.1) is 19.6 Å². The van der Waals surface area contributed by atoms with Crippen LogP contribution in [0.5, 0.6) is 0 Å². The summed E-state index contributed by atoms with van der Waals surface area (Å²) in [5, 5.41) is 0. The minimum atomic E-state index is -0.113. The van der Waals surface area contributed by atoms with E-state index in [1.54, 1.807) is 0 Å². The molecule has 0 amide bonds. The zero-order valence-corrected chi connectivity index (χ0v) is 15.0. The summed E-state index contributed by atoms with van der Waals surface area (Å²) in [5.41, 5.74) is 0.997. The van der Waals surface area contributed by atoms with Gasteiger partial charge in [0.1, 0.15) is 6.10 Å². The fourth-order valence-electron chi connectivity index (χ4n) is 3.52. The maximum atomic E-state index is 12.3. The van der Waals surface area contributed by atoms with Crippen molar-refractivity contribution in [3.8, 4) is 0 Å². The topological polar surface area (TPSA) is 38.8 Å². The van der Waals surface area contributed by atoms with Crippen LogP contribution in [0.25, 0.3) is 0 Å². The van der Waals surface area contributed by atoms with Gasteiger partial charge in [0.25, 0.3) is 0 Å². The number of hydrogen-bond donors (Lipinski definition) is 0. The molecule has 23 heavy (non-hydrogen) atoms. The van der Waals surface area contributed by atoms with Gasteiger partial charge in [-0.05, 0) is 37.0 Å². The van der Waals surface area contributed by atoms with Crippen molar-refractivity contribution < 1.29 is 14.3 Å². The Labute approximate surface area is 146 Å². The summed E-state index contributed by atoms with van der Waals surface area (Å²) in [4.78, 5) is 14.8. The summed E-state index contributed by atoms with van der Waals surface area (Å²) in [6.07, 6.45) is 4.86. The lowest BCUT2D eigenvalue weighted by atomic mass is 9.91. The Bertz CT molecular complexity index is 514. The first-order valence-electron chi connectivity index (χ1n) is 8.48. The molecule has 0 N–H and O–H groups in total. The van der Waals surface area contributed by atoms with Crippen molar-refractivity contribution in [2.75, 3.05) is 26.3 Å². The van der Waals surface area contributed by atoms with E-state index in [-0.39, 0.29) is 12.1 Å². The van der Waals surface area contributed by atoms with Crippen LogP contribution in [0.15, 0.2) is 28.7 Å². The van der Waals surface area contributed by atoms with Gasteiger partial charge in [-0.15, -0.1) is 0 Å². The first kappa shape index (κ1) is 16.9. The molecule has 2 fully saturated rings. The number of morpholine rings is 1. The van der Waals surface area contributed by atoms with Crippen molar-refractivity contribution in [2.45, 2.75) is 44.2 Å². The smallest absolute Gasteiger partial charge is 0.310 e. The van der Waals surface area contributed by atoms with E-state index in [2.05, 4.69) is 20.8 Å². The molecule has 0 bridgehead atoms. The van der Waals surface area contributed by atoms with E-state index in [0.29, 0.717) is 12.5 Å². The standard InChI is InChI=1S/C18H24BrNO3/c19-15-7-5-14(6-8-15)13-18(21)23-17-4-2-1-3-16(17)20-9-11-22-12-10-20/h5-8,16-17H,1-4,9-13H2/t16-,17+/m0/s1. The van der Waals surface area contributed by atoms with Gasteiger partial charge in [-0.1, -0.05) is 34.5 Å². The number of carbonyl (C=O) groups excluding carboxylic acids is 1. The summed E-state index contributed by atoms with van der Waals surface area (Å²) in [6, 6.07) is 8.21. The predicted molar refractivity (Wildman–Crippen MR) is 92.4 cm³/mol. The normalized spacial score (nSPS) is 26.0. The Morgan fingerprint density at radius 3 is 2.61 bits per heavy atom. The SMILES string of the molecule is O=C(Cc1ccc(Br)cc1)O[C@@H]1CCCC[C@@H]1N1CCOCC1. The molecule has 1 saturated carbocycles. The molecule has 0 spiro atoms. The molecule has 2 aliphatic rings. The minimum Gasteiger partial charge on any atom is -0.460 e. The van der Waals surface area contributed by atoms with Crippen LogP contribution in [0.1, 0.15) is 31.2 Å². The zero-order chi connectivity index (χ0) is 16.1. The van der Waals surface area contributed by atoms with Gasteiger partial charge in [-0.25, -0.2) is 0 Å². The average molecular weight is 382 g/mol. The lowest BCUT2D eigenvalue weighted by molar-refractivity contribution is -0.155. The van der Waals surface area contributed by atoms with Gasteiger partial charge in [0.15, 0.2) is 0 Å². The van der Waals surface area contributed by atoms with E-state index in [0.717, 1.165) is 55.6 Å². The van der Waals surface area contributed by atoms with Gasteiger partial charge in [0, 0.05) is 23.6 Å². The molecule has 0 radical (unpaired) electrons. The van der Waals surface area contributed by atoms with Gasteiger partial charge in [-0.3, -0.25) is 9.69 Å². The minimum absolute atomic E-state index is 0.0322. The number of ether oxygens (including phenoxy) is 2. The molecule has 1 aliphatic carbocycles. The van der Waals surface area contributed by atoms with Crippen molar-refractivity contribution in [3.63, 3.8) is 0 Å². The fourth-order valence-corrected chi connectivity index (χ4v) is 3.79. The average Bonchev–Trinajstić information content (AvgIpc) is 2.58. The van der Waals surface area contributed by atoms with E-state index in [4.69, 9.17) is 9.47 Å². The second kappa shape index (κ2) is 8.27. The van der Waals surface area contributed by atoms with Crippen molar-refractivity contribution in [3.05, 3.63) is 34.3 Å². The zero-order valence-electron chi connectivity index (χ0n) is 13.4. The number of nitrogens with zero attached hydrogens (tertiary/aromatic N) is 1. The van der Waals surface area contributed by atoms with Crippen LogP contribution in [0.4, 0.5) is 0 Å². The van der Waals surface area contributed by atoms with Gasteiger partial charge in [0.2, 0.25) is 0 Å². The fraction of sp³-hybridized carbons (Fsp3) is 0.611. The monoisotopic (exact) mass is 381 g/mol. The Balaban J connectivity index is 1.57. The lowest BCUT2D eigenvalue weighted by Gasteiger charge is -2.41. The van der Waals surface area contributed by atoms with Crippen LogP contribution in [0.2, 0.25) is 0 Å². The molecule has 0 unspecified atom stereocenters. The summed E-state index contributed by atoms with van der Waals surface area (Å²) in [5.74, 6) is -0.113. The Morgan fingerprint density at radius 1 is 1.17 bits per heavy atom. The Hall–Kier alpha value is -0.910. The summed E-state index contributed by atoms with van der Waals surface area (Å²) < 4.78 is 12.3. The number of rotatable bonds is 4. The third-order valence-corrected chi connectivity index (χ3v) is 5.26. The van der Waals surface area contributed by atoms with Crippen molar-refractivity contribution in [2.24, 2.45) is 0 Å². The largest absolute Gasteiger partial charge is 0.460 e. The van der Waals surface area contributed by atoms with Crippen LogP contribution < -0.4 is 0 Å². The van der Waals surface area contributed by atoms with Crippen LogP contribution in [0.3, 0.4) is 0 Å². The maximum absolute atomic E-state index is 12.3. The molecular weight excluding hydrogens is 358 g/mol. The van der Waals surface area contributed by atoms with Crippen LogP contribution in [-0.2, 0) is 20.7 Å². The second-order valence-electron chi connectivity index (χ2n) is 6.33. The highest BCUT2D eigenvalue weighted by atomic mass is 79.9. The third-order valence-electron chi connectivity index (χ3n) is 4.73. The third kappa shape index (κ3) is 4.78. The summed E-state index contributed by atoms with van der Waals surface area (Å²) in [7, 11) is 0. The van der Waals surface area contributed by atoms with Crippen molar-refractivity contribution in [1.82, 2.24) is 4.90 Å². The Kier molecular flexibility index (Phi) is 6.08. The second-order valence-corrected chi connectivity index (χ2v) is 7.25.